The van der Waals surface area contributed by atoms with Crippen LogP contribution in [0.1, 0.15) is 42.5 Å². The van der Waals surface area contributed by atoms with Crippen LogP contribution in [0.5, 0.6) is 5.75 Å². The van der Waals surface area contributed by atoms with Crippen LogP contribution >= 0.6 is 0 Å². The maximum atomic E-state index is 13.3. The lowest BCUT2D eigenvalue weighted by molar-refractivity contribution is -0.172. The Hall–Kier alpha value is -4.05. The van der Waals surface area contributed by atoms with Gasteiger partial charge in [0.1, 0.15) is 18.2 Å². The van der Waals surface area contributed by atoms with Crippen molar-refractivity contribution in [2.75, 3.05) is 0 Å². The van der Waals surface area contributed by atoms with Gasteiger partial charge in [0.25, 0.3) is 5.56 Å². The fourth-order valence-electron chi connectivity index (χ4n) is 4.60. The second-order valence-electron chi connectivity index (χ2n) is 8.10. The molecule has 0 amide bonds. The molecule has 2 aliphatic heterocycles. The van der Waals surface area contributed by atoms with Crippen LogP contribution in [0.3, 0.4) is 0 Å². The predicted octanol–water partition coefficient (Wildman–Crippen LogP) is 1.29. The molecule has 1 unspecified atom stereocenters. The summed E-state index contributed by atoms with van der Waals surface area (Å²) in [7, 11) is 0. The Morgan fingerprint density at radius 1 is 1.33 bits per heavy atom. The van der Waals surface area contributed by atoms with Crippen molar-refractivity contribution in [3.63, 3.8) is 0 Å². The molecule has 0 saturated carbocycles. The molecule has 168 valence electrons. The van der Waals surface area contributed by atoms with Crippen molar-refractivity contribution >= 4 is 28.7 Å². The van der Waals surface area contributed by atoms with Gasteiger partial charge in [0.15, 0.2) is 5.60 Å². The third-order valence-corrected chi connectivity index (χ3v) is 6.19. The summed E-state index contributed by atoms with van der Waals surface area (Å²) in [5.41, 5.74) is 6.30. The smallest absolute Gasteiger partial charge is 0.343 e. The van der Waals surface area contributed by atoms with Crippen LogP contribution in [0.4, 0.5) is 0 Å². The van der Waals surface area contributed by atoms with Gasteiger partial charge in [-0.2, -0.15) is 0 Å². The molecule has 0 aliphatic carbocycles. The van der Waals surface area contributed by atoms with Gasteiger partial charge in [-0.05, 0) is 30.7 Å². The Balaban J connectivity index is 1.80. The van der Waals surface area contributed by atoms with E-state index in [-0.39, 0.29) is 42.3 Å². The minimum atomic E-state index is -1.93. The number of nitrogens with one attached hydrogen (secondary N) is 1. The molecular formula is C23H20N4O6. The third kappa shape index (κ3) is 2.87. The zero-order valence-corrected chi connectivity index (χ0v) is 17.9. The highest BCUT2D eigenvalue weighted by atomic mass is 16.6. The number of ether oxygens (including phenoxy) is 2. The van der Waals surface area contributed by atoms with Crippen molar-refractivity contribution in [1.29, 1.82) is 5.41 Å². The molecule has 0 fully saturated rings. The average molecular weight is 448 g/mol. The van der Waals surface area contributed by atoms with Gasteiger partial charge in [0.05, 0.1) is 29.0 Å². The molecular weight excluding hydrogens is 428 g/mol. The number of rotatable bonds is 3. The number of aromatic nitrogens is 2. The van der Waals surface area contributed by atoms with Crippen LogP contribution < -0.4 is 16.0 Å². The maximum Gasteiger partial charge on any atom is 0.343 e. The fraction of sp³-hybridized carbons (Fsp3) is 0.261. The molecule has 0 spiro atoms. The van der Waals surface area contributed by atoms with Crippen molar-refractivity contribution in [1.82, 2.24) is 9.55 Å². The second-order valence-corrected chi connectivity index (χ2v) is 8.10. The summed E-state index contributed by atoms with van der Waals surface area (Å²) in [6.45, 7) is 2.79. The van der Waals surface area contributed by atoms with E-state index in [1.54, 1.807) is 31.2 Å². The van der Waals surface area contributed by atoms with Gasteiger partial charge >= 0.3 is 11.9 Å². The number of nitrogens with zero attached hydrogens (tertiary/aromatic N) is 2. The van der Waals surface area contributed by atoms with Crippen LogP contribution in [0.25, 0.3) is 22.3 Å². The molecule has 0 radical (unpaired) electrons. The van der Waals surface area contributed by atoms with Crippen molar-refractivity contribution in [3.05, 3.63) is 56.9 Å². The molecule has 1 atom stereocenters. The van der Waals surface area contributed by atoms with E-state index in [4.69, 9.17) is 25.6 Å². The zero-order valence-electron chi connectivity index (χ0n) is 17.9. The number of esters is 2. The van der Waals surface area contributed by atoms with E-state index >= 15 is 0 Å². The highest BCUT2D eigenvalue weighted by Crippen LogP contribution is 2.40. The molecule has 10 heteroatoms. The van der Waals surface area contributed by atoms with Crippen molar-refractivity contribution in [3.8, 4) is 17.1 Å². The highest BCUT2D eigenvalue weighted by Gasteiger charge is 2.45. The number of hydrogen-bond donors (Lipinski definition) is 3. The monoisotopic (exact) mass is 448 g/mol. The van der Waals surface area contributed by atoms with E-state index in [0.29, 0.717) is 33.4 Å². The second kappa shape index (κ2) is 6.97. The number of carbonyl (C=O) groups excluding carboxylic acids is 2. The number of hydrogen-bond acceptors (Lipinski definition) is 8. The number of nitrogens with two attached hydrogens (primary N) is 1. The van der Waals surface area contributed by atoms with Gasteiger partial charge in [-0.25, -0.2) is 9.78 Å². The first kappa shape index (κ1) is 20.8. The number of carbonyl (C=O) groups is 2. The SMILES string of the molecule is CCC1(O)C(=O)OCc2c1cc1n(c2=O)Cc2c-1nc1ccc(OC(C)=O)cc1c2C(=N)N. The largest absolute Gasteiger partial charge is 0.458 e. The Bertz CT molecular complexity index is 1470. The standard InChI is InChI=1S/C23H20N4O6/c1-3-23(31)15-7-17-19-13(8-27(17)21(29)14(15)9-32-22(23)30)18(20(24)25)12-6-11(33-10(2)28)4-5-16(12)26-19/h4-7,31H,3,8-9H2,1-2H3,(H3,24,25). The molecule has 0 bridgehead atoms. The normalized spacial score (nSPS) is 18.3. The van der Waals surface area contributed by atoms with Crippen LogP contribution in [-0.4, -0.2) is 32.4 Å². The lowest BCUT2D eigenvalue weighted by atomic mass is 9.86. The molecule has 4 N–H and O–H groups in total. The first-order chi connectivity index (χ1) is 15.7. The van der Waals surface area contributed by atoms with Crippen molar-refractivity contribution < 1.29 is 24.2 Å². The lowest BCUT2D eigenvalue weighted by Crippen LogP contribution is -2.44. The summed E-state index contributed by atoms with van der Waals surface area (Å²) in [4.78, 5) is 41.7. The quantitative estimate of drug-likeness (QED) is 0.183. The Morgan fingerprint density at radius 3 is 2.76 bits per heavy atom. The average Bonchev–Trinajstić information content (AvgIpc) is 3.12. The summed E-state index contributed by atoms with van der Waals surface area (Å²) in [5.74, 6) is -1.23. The topological polar surface area (TPSA) is 158 Å². The van der Waals surface area contributed by atoms with Gasteiger partial charge in [-0.15, -0.1) is 0 Å². The Morgan fingerprint density at radius 2 is 2.09 bits per heavy atom. The number of benzene rings is 1. The molecule has 2 aliphatic rings. The van der Waals surface area contributed by atoms with Crippen LogP contribution in [-0.2, 0) is 33.1 Å². The summed E-state index contributed by atoms with van der Waals surface area (Å²) in [6.07, 6.45) is 0.0390. The van der Waals surface area contributed by atoms with E-state index < -0.39 is 23.1 Å². The van der Waals surface area contributed by atoms with Crippen molar-refractivity contribution in [2.24, 2.45) is 5.73 Å². The van der Waals surface area contributed by atoms with E-state index in [1.165, 1.54) is 11.5 Å². The molecule has 1 aromatic carbocycles. The lowest BCUT2D eigenvalue weighted by Gasteiger charge is -2.31. The molecule has 0 saturated heterocycles. The number of pyridine rings is 2. The molecule has 3 aromatic rings. The van der Waals surface area contributed by atoms with Crippen LogP contribution in [0.15, 0.2) is 29.1 Å². The van der Waals surface area contributed by atoms with E-state index in [9.17, 15) is 19.5 Å². The van der Waals surface area contributed by atoms with Crippen LogP contribution in [0.2, 0.25) is 0 Å². The summed E-state index contributed by atoms with van der Waals surface area (Å²) < 4.78 is 11.7. The minimum absolute atomic E-state index is 0.0390. The number of amidine groups is 1. The molecule has 33 heavy (non-hydrogen) atoms. The highest BCUT2D eigenvalue weighted by molar-refractivity contribution is 6.10. The summed E-state index contributed by atoms with van der Waals surface area (Å²) in [6, 6.07) is 6.40. The predicted molar refractivity (Wildman–Crippen MR) is 117 cm³/mol. The van der Waals surface area contributed by atoms with Gasteiger partial charge in [0.2, 0.25) is 0 Å². The number of aliphatic hydroxyl groups is 1. The molecule has 2 aromatic heterocycles. The number of cyclic esters (lactones) is 1. The van der Waals surface area contributed by atoms with Crippen molar-refractivity contribution in [2.45, 2.75) is 39.0 Å². The fourth-order valence-corrected chi connectivity index (χ4v) is 4.60. The molecule has 5 rings (SSSR count). The zero-order chi connectivity index (χ0) is 23.7. The summed E-state index contributed by atoms with van der Waals surface area (Å²) >= 11 is 0. The third-order valence-electron chi connectivity index (χ3n) is 6.19. The molecule has 10 nitrogen and oxygen atoms in total. The van der Waals surface area contributed by atoms with Gasteiger partial charge in [-0.1, -0.05) is 6.92 Å². The van der Waals surface area contributed by atoms with Gasteiger partial charge in [0, 0.05) is 29.0 Å². The van der Waals surface area contributed by atoms with E-state index in [0.717, 1.165) is 0 Å². The van der Waals surface area contributed by atoms with Gasteiger partial charge in [-0.3, -0.25) is 15.0 Å². The number of fused-ring (bicyclic) bond motifs is 5. The van der Waals surface area contributed by atoms with Crippen LogP contribution in [0, 0.1) is 5.41 Å². The van der Waals surface area contributed by atoms with Gasteiger partial charge < -0.3 is 24.9 Å². The maximum absolute atomic E-state index is 13.3. The van der Waals surface area contributed by atoms with E-state index in [1.807, 2.05) is 0 Å². The molecule has 4 heterocycles. The first-order valence-electron chi connectivity index (χ1n) is 10.3. The van der Waals surface area contributed by atoms with E-state index in [2.05, 4.69) is 0 Å². The minimum Gasteiger partial charge on any atom is -0.458 e. The Labute approximate surface area is 187 Å². The number of nitrogen functional groups attached to an aromatic ring is 1. The summed E-state index contributed by atoms with van der Waals surface area (Å²) in [5, 5.41) is 19.7. The Kier molecular flexibility index (Phi) is 4.40. The first-order valence-corrected chi connectivity index (χ1v) is 10.3.